The lowest BCUT2D eigenvalue weighted by atomic mass is 9.90. The summed E-state index contributed by atoms with van der Waals surface area (Å²) in [5.41, 5.74) is 1.32. The number of benzene rings is 1. The summed E-state index contributed by atoms with van der Waals surface area (Å²) in [5.74, 6) is 1.46. The second kappa shape index (κ2) is 11.4. The van der Waals surface area contributed by atoms with Crippen molar-refractivity contribution in [1.82, 2.24) is 4.98 Å². The minimum Gasteiger partial charge on any atom is -0.483 e. The van der Waals surface area contributed by atoms with Crippen LogP contribution in [0.5, 0.6) is 11.6 Å². The molecule has 1 fully saturated rings. The summed E-state index contributed by atoms with van der Waals surface area (Å²) in [5, 5.41) is 0. The zero-order chi connectivity index (χ0) is 24.0. The molecule has 1 aliphatic rings. The number of esters is 1. The molecule has 0 spiro atoms. The van der Waals surface area contributed by atoms with Gasteiger partial charge in [0.25, 0.3) is 5.88 Å². The van der Waals surface area contributed by atoms with Gasteiger partial charge in [0.1, 0.15) is 12.2 Å². The van der Waals surface area contributed by atoms with Crippen LogP contribution in [0.1, 0.15) is 65.1 Å². The van der Waals surface area contributed by atoms with Crippen molar-refractivity contribution in [3.63, 3.8) is 0 Å². The van der Waals surface area contributed by atoms with Crippen LogP contribution in [0.4, 0.5) is 0 Å². The first-order valence-electron chi connectivity index (χ1n) is 11.8. The van der Waals surface area contributed by atoms with Crippen molar-refractivity contribution in [1.29, 1.82) is 0 Å². The standard InChI is InChI=1S/C27H36BrNO4/c1-18(2)21(26(30)33-27(3,4)5)15-23-22(28)16-24(32-17-20-9-7-6-8-10-20)25(29-23)31-14-13-19-11-12-19/h6-10,16,18-19,21H,11-15,17H2,1-5H3. The molecule has 0 radical (unpaired) electrons. The number of pyridine rings is 1. The van der Waals surface area contributed by atoms with E-state index < -0.39 is 5.60 Å². The van der Waals surface area contributed by atoms with Crippen LogP contribution in [0.15, 0.2) is 40.9 Å². The molecular weight excluding hydrogens is 482 g/mol. The Bertz CT molecular complexity index is 920. The average molecular weight is 518 g/mol. The van der Waals surface area contributed by atoms with Crippen LogP contribution in [0.2, 0.25) is 0 Å². The molecule has 1 aromatic heterocycles. The van der Waals surface area contributed by atoms with Crippen LogP contribution in [0.3, 0.4) is 0 Å². The predicted octanol–water partition coefficient (Wildman–Crippen LogP) is 6.76. The number of rotatable bonds is 11. The van der Waals surface area contributed by atoms with Crippen molar-refractivity contribution in [3.8, 4) is 11.6 Å². The van der Waals surface area contributed by atoms with Crippen LogP contribution in [-0.4, -0.2) is 23.2 Å². The fourth-order valence-corrected chi connectivity index (χ4v) is 3.94. The lowest BCUT2D eigenvalue weighted by Gasteiger charge is -2.26. The van der Waals surface area contributed by atoms with Crippen LogP contribution in [0.25, 0.3) is 0 Å². The number of carbonyl (C=O) groups excluding carboxylic acids is 1. The van der Waals surface area contributed by atoms with Crippen LogP contribution >= 0.6 is 15.9 Å². The zero-order valence-corrected chi connectivity index (χ0v) is 22.0. The number of nitrogens with zero attached hydrogens (tertiary/aromatic N) is 1. The monoisotopic (exact) mass is 517 g/mol. The third kappa shape index (κ3) is 8.33. The van der Waals surface area contributed by atoms with Gasteiger partial charge in [0.2, 0.25) is 0 Å². The highest BCUT2D eigenvalue weighted by atomic mass is 79.9. The van der Waals surface area contributed by atoms with E-state index in [1.165, 1.54) is 12.8 Å². The molecule has 1 aliphatic carbocycles. The molecule has 1 unspecified atom stereocenters. The van der Waals surface area contributed by atoms with Crippen molar-refractivity contribution >= 4 is 21.9 Å². The van der Waals surface area contributed by atoms with Gasteiger partial charge in [0.15, 0.2) is 5.75 Å². The molecule has 3 rings (SSSR count). The summed E-state index contributed by atoms with van der Waals surface area (Å²) in [6.07, 6.45) is 4.06. The second-order valence-electron chi connectivity index (χ2n) is 10.2. The van der Waals surface area contributed by atoms with Gasteiger partial charge >= 0.3 is 5.97 Å². The molecule has 5 nitrogen and oxygen atoms in total. The van der Waals surface area contributed by atoms with Crippen molar-refractivity contribution in [2.24, 2.45) is 17.8 Å². The Morgan fingerprint density at radius 2 is 1.85 bits per heavy atom. The minimum absolute atomic E-state index is 0.113. The number of aromatic nitrogens is 1. The second-order valence-corrected chi connectivity index (χ2v) is 11.0. The molecule has 33 heavy (non-hydrogen) atoms. The fourth-order valence-electron chi connectivity index (χ4n) is 3.48. The molecule has 0 bridgehead atoms. The summed E-state index contributed by atoms with van der Waals surface area (Å²) in [4.78, 5) is 17.7. The van der Waals surface area contributed by atoms with Gasteiger partial charge in [-0.2, -0.15) is 0 Å². The molecule has 1 saturated carbocycles. The Kier molecular flexibility index (Phi) is 8.80. The molecule has 0 amide bonds. The van der Waals surface area contributed by atoms with E-state index in [1.807, 2.05) is 71.0 Å². The van der Waals surface area contributed by atoms with E-state index in [9.17, 15) is 4.79 Å². The highest BCUT2D eigenvalue weighted by molar-refractivity contribution is 9.10. The number of hydrogen-bond donors (Lipinski definition) is 0. The summed E-state index contributed by atoms with van der Waals surface area (Å²) in [6, 6.07) is 11.9. The lowest BCUT2D eigenvalue weighted by Crippen LogP contribution is -2.32. The van der Waals surface area contributed by atoms with E-state index >= 15 is 0 Å². The Morgan fingerprint density at radius 1 is 1.15 bits per heavy atom. The quantitative estimate of drug-likeness (QED) is 0.308. The smallest absolute Gasteiger partial charge is 0.310 e. The molecule has 0 N–H and O–H groups in total. The third-order valence-electron chi connectivity index (χ3n) is 5.61. The van der Waals surface area contributed by atoms with Crippen LogP contribution < -0.4 is 9.47 Å². The maximum absolute atomic E-state index is 12.9. The molecule has 1 atom stereocenters. The summed E-state index contributed by atoms with van der Waals surface area (Å²) in [6.45, 7) is 10.8. The number of ether oxygens (including phenoxy) is 3. The first-order chi connectivity index (χ1) is 15.6. The lowest BCUT2D eigenvalue weighted by molar-refractivity contribution is -0.161. The molecular formula is C27H36BrNO4. The van der Waals surface area contributed by atoms with E-state index in [0.29, 0.717) is 31.3 Å². The Labute approximate surface area is 206 Å². The van der Waals surface area contributed by atoms with Crippen LogP contribution in [0, 0.1) is 17.8 Å². The van der Waals surface area contributed by atoms with Gasteiger partial charge in [-0.05, 0) is 60.5 Å². The number of hydrogen-bond acceptors (Lipinski definition) is 5. The Morgan fingerprint density at radius 3 is 2.45 bits per heavy atom. The summed E-state index contributed by atoms with van der Waals surface area (Å²) >= 11 is 3.65. The Balaban J connectivity index is 1.80. The molecule has 1 heterocycles. The SMILES string of the molecule is CC(C)C(Cc1nc(OCCC2CC2)c(OCc2ccccc2)cc1Br)C(=O)OC(C)(C)C. The molecule has 6 heteroatoms. The van der Waals surface area contributed by atoms with Crippen LogP contribution in [-0.2, 0) is 22.6 Å². The van der Waals surface area contributed by atoms with Gasteiger partial charge in [-0.25, -0.2) is 4.98 Å². The van der Waals surface area contributed by atoms with E-state index in [4.69, 9.17) is 19.2 Å². The minimum atomic E-state index is -0.527. The number of halogens is 1. The topological polar surface area (TPSA) is 57.7 Å². The van der Waals surface area contributed by atoms with E-state index in [-0.39, 0.29) is 17.8 Å². The highest BCUT2D eigenvalue weighted by Gasteiger charge is 2.30. The first-order valence-corrected chi connectivity index (χ1v) is 12.6. The Hall–Kier alpha value is -2.08. The molecule has 2 aromatic rings. The van der Waals surface area contributed by atoms with Gasteiger partial charge in [0, 0.05) is 17.0 Å². The molecule has 0 aliphatic heterocycles. The summed E-state index contributed by atoms with van der Waals surface area (Å²) < 4.78 is 18.6. The zero-order valence-electron chi connectivity index (χ0n) is 20.4. The van der Waals surface area contributed by atoms with Gasteiger partial charge in [-0.3, -0.25) is 4.79 Å². The van der Waals surface area contributed by atoms with Gasteiger partial charge < -0.3 is 14.2 Å². The maximum atomic E-state index is 12.9. The fraction of sp³-hybridized carbons (Fsp3) is 0.556. The van der Waals surface area contributed by atoms with E-state index in [2.05, 4.69) is 15.9 Å². The predicted molar refractivity (Wildman–Crippen MR) is 133 cm³/mol. The van der Waals surface area contributed by atoms with Crippen molar-refractivity contribution in [2.45, 2.75) is 72.5 Å². The normalized spacial score (nSPS) is 14.8. The highest BCUT2D eigenvalue weighted by Crippen LogP contribution is 2.36. The van der Waals surface area contributed by atoms with Crippen molar-refractivity contribution < 1.29 is 19.0 Å². The average Bonchev–Trinajstić information content (AvgIpc) is 3.56. The van der Waals surface area contributed by atoms with E-state index in [1.54, 1.807) is 0 Å². The number of carbonyl (C=O) groups is 1. The summed E-state index contributed by atoms with van der Waals surface area (Å²) in [7, 11) is 0. The first kappa shape index (κ1) is 25.5. The van der Waals surface area contributed by atoms with Crippen molar-refractivity contribution in [3.05, 3.63) is 52.1 Å². The third-order valence-corrected chi connectivity index (χ3v) is 6.29. The van der Waals surface area contributed by atoms with Crippen molar-refractivity contribution in [2.75, 3.05) is 6.61 Å². The maximum Gasteiger partial charge on any atom is 0.310 e. The van der Waals surface area contributed by atoms with Gasteiger partial charge in [-0.15, -0.1) is 0 Å². The van der Waals surface area contributed by atoms with E-state index in [0.717, 1.165) is 28.1 Å². The largest absolute Gasteiger partial charge is 0.483 e. The molecule has 0 saturated heterocycles. The molecule has 180 valence electrons. The van der Waals surface area contributed by atoms with Gasteiger partial charge in [0.05, 0.1) is 18.2 Å². The molecule has 1 aromatic carbocycles. The van der Waals surface area contributed by atoms with Gasteiger partial charge in [-0.1, -0.05) is 57.0 Å².